The highest BCUT2D eigenvalue weighted by Gasteiger charge is 2.43. The molecule has 12 bridgehead atoms. The van der Waals surface area contributed by atoms with Gasteiger partial charge >= 0.3 is 0 Å². The van der Waals surface area contributed by atoms with Crippen molar-refractivity contribution in [2.45, 2.75) is 0 Å². The van der Waals surface area contributed by atoms with Gasteiger partial charge in [-0.3, -0.25) is 0 Å². The Morgan fingerprint density at radius 3 is 0.492 bits per heavy atom. The lowest BCUT2D eigenvalue weighted by Crippen LogP contribution is -2.07. The minimum atomic E-state index is -2.96. The number of fused-ring (bicyclic) bond motifs is 12. The lowest BCUT2D eigenvalue weighted by Gasteiger charge is -2.15. The van der Waals surface area contributed by atoms with Gasteiger partial charge in [-0.1, -0.05) is 121 Å². The van der Waals surface area contributed by atoms with Crippen LogP contribution in [0.2, 0.25) is 0 Å². The van der Waals surface area contributed by atoms with Gasteiger partial charge in [0.1, 0.15) is 0 Å². The van der Waals surface area contributed by atoms with Gasteiger partial charge in [0.25, 0.3) is 0 Å². The van der Waals surface area contributed by atoms with Gasteiger partial charge in [0.2, 0.25) is 34.9 Å². The molecule has 4 aliphatic rings. The Hall–Kier alpha value is -15.0. The van der Waals surface area contributed by atoms with E-state index in [1.54, 1.807) is 0 Å². The van der Waals surface area contributed by atoms with Crippen LogP contribution in [0, 0.1) is 175 Å². The maximum atomic E-state index is 17.7. The van der Waals surface area contributed by atoms with Crippen molar-refractivity contribution in [1.29, 1.82) is 0 Å². The van der Waals surface area contributed by atoms with Crippen LogP contribution in [0.15, 0.2) is 146 Å². The predicted octanol–water partition coefficient (Wildman–Crippen LogP) is 26.5. The van der Waals surface area contributed by atoms with Gasteiger partial charge in [-0.2, -0.15) is 0 Å². The van der Waals surface area contributed by atoms with Gasteiger partial charge in [-0.15, -0.1) is 0 Å². The number of nitrogens with zero attached hydrogens (tertiary/aromatic N) is 4. The molecular formula is C90H30F30N6. The van der Waals surface area contributed by atoms with E-state index in [1.165, 1.54) is 24.3 Å². The van der Waals surface area contributed by atoms with E-state index in [0.29, 0.717) is 48.6 Å². The molecule has 0 saturated carbocycles. The van der Waals surface area contributed by atoms with Gasteiger partial charge < -0.3 is 9.97 Å². The van der Waals surface area contributed by atoms with E-state index in [1.807, 2.05) is 0 Å². The summed E-state index contributed by atoms with van der Waals surface area (Å²) in [7, 11) is 0. The van der Waals surface area contributed by atoms with Crippen molar-refractivity contribution >= 4 is 68.7 Å². The van der Waals surface area contributed by atoms with Crippen LogP contribution in [0.3, 0.4) is 0 Å². The number of hydrogen-bond acceptors (Lipinski definition) is 4. The first-order valence-corrected chi connectivity index (χ1v) is 35.7. The third-order valence-electron chi connectivity index (χ3n) is 20.6. The molecule has 0 spiro atoms. The first-order valence-electron chi connectivity index (χ1n) is 35.7. The first-order chi connectivity index (χ1) is 60.1. The van der Waals surface area contributed by atoms with Gasteiger partial charge in [-0.05, 0) is 70.8 Å². The Morgan fingerprint density at radius 2 is 0.294 bits per heavy atom. The molecule has 630 valence electrons. The highest BCUT2D eigenvalue weighted by Crippen LogP contribution is 2.54. The molecule has 17 rings (SSSR count). The van der Waals surface area contributed by atoms with Crippen LogP contribution in [0.1, 0.15) is 67.8 Å². The molecule has 126 heavy (non-hydrogen) atoms. The molecule has 10 aromatic carbocycles. The molecule has 6 nitrogen and oxygen atoms in total. The zero-order chi connectivity index (χ0) is 89.8. The molecule has 0 atom stereocenters. The number of H-pyrrole nitrogens is 2. The standard InChI is InChI=1S/C90H30F30N6/c91-57-51(58(92)70(104)81(115)69(57)103)45-33-21-25-37(121-33)47(53-61(95)73(107)83(117)74(108)62(53)96)87-41(29-13-5-1-6-14-29)42(30-15-7-2-8-16-30)88(125-87)48(54-63(97)75(109)84(118)76(110)64(54)98)38-26-22-34(122-38)46(52-59(93)71(105)82(116)72(106)60(52)94)36-24-28-40(124-36)50(56-67(101)79(113)86(120)80(114)68(56)102)90-44(32-19-11-4-12-20-32)43(31-17-9-3-10-18-31)89(126-90)49(39-27-23-35(45)123-39)55-65(99)77(111)85(119)78(112)66(55)100/h1-28,121,124H. The Labute approximate surface area is 682 Å². The summed E-state index contributed by atoms with van der Waals surface area (Å²) >= 11 is 0. The third-order valence-corrected chi connectivity index (χ3v) is 20.6. The lowest BCUT2D eigenvalue weighted by atomic mass is 9.87. The van der Waals surface area contributed by atoms with Gasteiger partial charge in [-0.25, -0.2) is 152 Å². The predicted molar refractivity (Wildman–Crippen MR) is 397 cm³/mol. The van der Waals surface area contributed by atoms with Gasteiger partial charge in [0, 0.05) is 77.7 Å². The number of halogens is 30. The van der Waals surface area contributed by atoms with Crippen LogP contribution in [-0.4, -0.2) is 29.9 Å². The van der Waals surface area contributed by atoms with E-state index in [4.69, 9.17) is 0 Å². The molecule has 0 unspecified atom stereocenters. The van der Waals surface area contributed by atoms with Crippen molar-refractivity contribution in [3.63, 3.8) is 0 Å². The van der Waals surface area contributed by atoms with Crippen molar-refractivity contribution in [1.82, 2.24) is 29.9 Å². The Balaban J connectivity index is 1.25. The fraction of sp³-hybridized carbons (Fsp3) is 0. The van der Waals surface area contributed by atoms with Crippen LogP contribution in [0.25, 0.3) is 135 Å². The third kappa shape index (κ3) is 12.7. The molecule has 0 radical (unpaired) electrons. The average molecular weight is 1770 g/mol. The molecule has 36 heteroatoms. The van der Waals surface area contributed by atoms with Crippen LogP contribution < -0.4 is 0 Å². The molecule has 7 heterocycles. The zero-order valence-corrected chi connectivity index (χ0v) is 61.3. The molecule has 0 saturated heterocycles. The SMILES string of the molecule is Fc1c(F)c(F)c(-c2c3nc(c(-c4c(F)c(F)c(F)c(F)c4F)c4ccc([nH]4)c(-c4c(F)c(F)c(F)c(F)c4F)c4nc(c(-c5c(F)c(F)c(F)c(F)c5F)c5nc(c(-c6c(F)c(F)c(F)c(F)c6F)c6ccc([nH]6)c(-c6c(F)c(F)c(F)c(F)c6F)c6nc2C(c2ccccc2)=C6c2ccccc2)C=C5)C(c2ccccc2)=C4c2ccccc2)C=C3)c(F)c1F. The number of aromatic amines is 2. The number of nitrogens with one attached hydrogen (secondary N) is 2. The summed E-state index contributed by atoms with van der Waals surface area (Å²) in [6, 6.07) is 24.1. The minimum absolute atomic E-state index is 0.394. The maximum Gasteiger partial charge on any atom is 0.200 e. The molecular weight excluding hydrogens is 1730 g/mol. The van der Waals surface area contributed by atoms with Crippen LogP contribution in [0.4, 0.5) is 132 Å². The van der Waals surface area contributed by atoms with Gasteiger partial charge in [0.15, 0.2) is 140 Å². The summed E-state index contributed by atoms with van der Waals surface area (Å²) in [6.07, 6.45) is 1.58. The van der Waals surface area contributed by atoms with Crippen LogP contribution in [-0.2, 0) is 0 Å². The minimum Gasteiger partial charge on any atom is -0.354 e. The zero-order valence-electron chi connectivity index (χ0n) is 61.3. The summed E-state index contributed by atoms with van der Waals surface area (Å²) < 4.78 is 501. The second kappa shape index (κ2) is 31.1. The number of aromatic nitrogens is 6. The number of rotatable bonds is 10. The summed E-state index contributed by atoms with van der Waals surface area (Å²) in [5.41, 5.74) is -45.3. The van der Waals surface area contributed by atoms with Crippen molar-refractivity contribution in [2.24, 2.45) is 0 Å². The van der Waals surface area contributed by atoms with Crippen molar-refractivity contribution in [2.75, 3.05) is 0 Å². The lowest BCUT2D eigenvalue weighted by molar-refractivity contribution is 0.381. The molecule has 2 N–H and O–H groups in total. The topological polar surface area (TPSA) is 83.1 Å². The molecule has 0 aliphatic carbocycles. The fourth-order valence-electron chi connectivity index (χ4n) is 15.1. The van der Waals surface area contributed by atoms with Crippen LogP contribution in [0.5, 0.6) is 0 Å². The maximum absolute atomic E-state index is 17.7. The van der Waals surface area contributed by atoms with E-state index in [0.717, 1.165) is 97.1 Å². The van der Waals surface area contributed by atoms with Crippen LogP contribution >= 0.6 is 0 Å². The van der Waals surface area contributed by atoms with Crippen molar-refractivity contribution < 1.29 is 132 Å². The molecule has 4 aliphatic heterocycles. The Morgan fingerprint density at radius 1 is 0.143 bits per heavy atom. The monoisotopic (exact) mass is 1760 g/mol. The number of hydrogen-bond donors (Lipinski definition) is 2. The first kappa shape index (κ1) is 83.3. The Bertz CT molecular complexity index is 6940. The molecule has 0 fully saturated rings. The summed E-state index contributed by atoms with van der Waals surface area (Å²) in [5.74, 6) is -87.1. The van der Waals surface area contributed by atoms with E-state index in [-0.39, 0.29) is 0 Å². The summed E-state index contributed by atoms with van der Waals surface area (Å²) in [4.78, 5) is 22.0. The van der Waals surface area contributed by atoms with E-state index in [9.17, 15) is 0 Å². The van der Waals surface area contributed by atoms with E-state index in [2.05, 4.69) is 29.9 Å². The van der Waals surface area contributed by atoms with Crippen molar-refractivity contribution in [3.05, 3.63) is 388 Å². The second-order valence-corrected chi connectivity index (χ2v) is 27.5. The van der Waals surface area contributed by atoms with E-state index < -0.39 is 353 Å². The largest absolute Gasteiger partial charge is 0.354 e. The normalized spacial score (nSPS) is 12.6. The van der Waals surface area contributed by atoms with Crippen molar-refractivity contribution in [3.8, 4) is 66.8 Å². The van der Waals surface area contributed by atoms with Gasteiger partial charge in [0.05, 0.1) is 78.9 Å². The second-order valence-electron chi connectivity index (χ2n) is 27.5. The highest BCUT2D eigenvalue weighted by molar-refractivity contribution is 6.15. The quantitative estimate of drug-likeness (QED) is 0.0812. The smallest absolute Gasteiger partial charge is 0.200 e. The molecule has 3 aromatic heterocycles. The highest BCUT2D eigenvalue weighted by atomic mass is 19.2. The summed E-state index contributed by atoms with van der Waals surface area (Å²) in [5, 5.41) is 0. The number of benzene rings is 10. The Kier molecular flexibility index (Phi) is 20.6. The van der Waals surface area contributed by atoms with E-state index >= 15 is 132 Å². The fourth-order valence-corrected chi connectivity index (χ4v) is 15.1. The molecule has 13 aromatic rings. The molecule has 0 amide bonds. The summed E-state index contributed by atoms with van der Waals surface area (Å²) in [6.45, 7) is 0. The average Bonchev–Trinajstić information content (AvgIpc) is 1.57.